The molecule has 0 unspecified atom stereocenters. The molecule has 31 heavy (non-hydrogen) atoms. The summed E-state index contributed by atoms with van der Waals surface area (Å²) >= 11 is 0. The molecule has 154 valence electrons. The minimum absolute atomic E-state index is 0.0260. The lowest BCUT2D eigenvalue weighted by Crippen LogP contribution is -2.12. The zero-order valence-corrected chi connectivity index (χ0v) is 15.8. The SMILES string of the molecule is O=C(Nc1ccc(Nc2ccc([N+](=O)[O-])c3nc[nH]c(=O)c23)cc1)c1ccc(F)cc1. The van der Waals surface area contributed by atoms with Gasteiger partial charge >= 0.3 is 0 Å². The maximum absolute atomic E-state index is 13.0. The Morgan fingerprint density at radius 3 is 2.35 bits per heavy atom. The fourth-order valence-corrected chi connectivity index (χ4v) is 3.02. The minimum atomic E-state index is -0.600. The van der Waals surface area contributed by atoms with E-state index in [0.717, 1.165) is 6.33 Å². The van der Waals surface area contributed by atoms with Gasteiger partial charge in [-0.1, -0.05) is 0 Å². The second-order valence-electron chi connectivity index (χ2n) is 6.51. The van der Waals surface area contributed by atoms with E-state index in [1.54, 1.807) is 24.3 Å². The summed E-state index contributed by atoms with van der Waals surface area (Å²) in [6.07, 6.45) is 1.11. The summed E-state index contributed by atoms with van der Waals surface area (Å²) in [5.41, 5.74) is 0.934. The highest BCUT2D eigenvalue weighted by atomic mass is 19.1. The lowest BCUT2D eigenvalue weighted by molar-refractivity contribution is -0.383. The van der Waals surface area contributed by atoms with Crippen LogP contribution in [0.15, 0.2) is 71.8 Å². The molecule has 0 saturated carbocycles. The number of nitro benzene ring substituents is 1. The number of nitrogens with one attached hydrogen (secondary N) is 3. The summed E-state index contributed by atoms with van der Waals surface area (Å²) in [5, 5.41) is 17.0. The number of nitrogens with zero attached hydrogens (tertiary/aromatic N) is 2. The van der Waals surface area contributed by atoms with Gasteiger partial charge < -0.3 is 15.6 Å². The van der Waals surface area contributed by atoms with Crippen molar-refractivity contribution in [2.45, 2.75) is 0 Å². The molecule has 4 aromatic rings. The number of aromatic nitrogens is 2. The van der Waals surface area contributed by atoms with Crippen LogP contribution in [0, 0.1) is 15.9 Å². The average Bonchev–Trinajstić information content (AvgIpc) is 2.75. The van der Waals surface area contributed by atoms with Crippen molar-refractivity contribution in [2.24, 2.45) is 0 Å². The first-order chi connectivity index (χ1) is 14.9. The highest BCUT2D eigenvalue weighted by Crippen LogP contribution is 2.29. The molecule has 1 amide bonds. The van der Waals surface area contributed by atoms with E-state index in [9.17, 15) is 24.1 Å². The van der Waals surface area contributed by atoms with Gasteiger partial charge in [-0.3, -0.25) is 19.7 Å². The van der Waals surface area contributed by atoms with Gasteiger partial charge in [0.15, 0.2) is 5.52 Å². The normalized spacial score (nSPS) is 10.6. The molecule has 0 spiro atoms. The first-order valence-corrected chi connectivity index (χ1v) is 9.01. The van der Waals surface area contributed by atoms with Crippen molar-refractivity contribution in [2.75, 3.05) is 10.6 Å². The van der Waals surface area contributed by atoms with Crippen molar-refractivity contribution in [1.82, 2.24) is 9.97 Å². The van der Waals surface area contributed by atoms with Crippen LogP contribution in [0.3, 0.4) is 0 Å². The van der Waals surface area contributed by atoms with E-state index >= 15 is 0 Å². The van der Waals surface area contributed by atoms with Crippen molar-refractivity contribution >= 4 is 39.6 Å². The van der Waals surface area contributed by atoms with Gasteiger partial charge in [0.2, 0.25) is 0 Å². The van der Waals surface area contributed by atoms with Crippen LogP contribution in [0.25, 0.3) is 10.9 Å². The number of H-pyrrole nitrogens is 1. The topological polar surface area (TPSA) is 130 Å². The predicted molar refractivity (Wildman–Crippen MR) is 113 cm³/mol. The zero-order chi connectivity index (χ0) is 22.0. The summed E-state index contributed by atoms with van der Waals surface area (Å²) in [5.74, 6) is -0.820. The van der Waals surface area contributed by atoms with Crippen molar-refractivity contribution in [1.29, 1.82) is 0 Å². The number of halogens is 1. The fourth-order valence-electron chi connectivity index (χ4n) is 3.02. The molecule has 0 aliphatic rings. The first-order valence-electron chi connectivity index (χ1n) is 9.01. The highest BCUT2D eigenvalue weighted by Gasteiger charge is 2.18. The second-order valence-corrected chi connectivity index (χ2v) is 6.51. The molecule has 3 aromatic carbocycles. The van der Waals surface area contributed by atoms with Gasteiger partial charge in [-0.2, -0.15) is 0 Å². The molecular weight excluding hydrogens is 405 g/mol. The van der Waals surface area contributed by atoms with Crippen LogP contribution in [-0.2, 0) is 0 Å². The van der Waals surface area contributed by atoms with E-state index in [2.05, 4.69) is 20.6 Å². The van der Waals surface area contributed by atoms with E-state index in [1.165, 1.54) is 36.4 Å². The number of aromatic amines is 1. The lowest BCUT2D eigenvalue weighted by atomic mass is 10.1. The molecule has 0 saturated heterocycles. The van der Waals surface area contributed by atoms with Gasteiger partial charge in [-0.15, -0.1) is 0 Å². The fraction of sp³-hybridized carbons (Fsp3) is 0. The van der Waals surface area contributed by atoms with Crippen LogP contribution >= 0.6 is 0 Å². The van der Waals surface area contributed by atoms with Crippen LogP contribution in [0.4, 0.5) is 27.1 Å². The third kappa shape index (κ3) is 4.08. The van der Waals surface area contributed by atoms with E-state index in [-0.39, 0.29) is 22.5 Å². The number of carbonyl (C=O) groups excluding carboxylic acids is 1. The van der Waals surface area contributed by atoms with Crippen LogP contribution in [0.2, 0.25) is 0 Å². The number of benzene rings is 3. The molecule has 4 rings (SSSR count). The van der Waals surface area contributed by atoms with Gasteiger partial charge in [-0.25, -0.2) is 9.37 Å². The number of carbonyl (C=O) groups is 1. The smallest absolute Gasteiger partial charge is 0.295 e. The summed E-state index contributed by atoms with van der Waals surface area (Å²) in [6.45, 7) is 0. The number of nitro groups is 1. The quantitative estimate of drug-likeness (QED) is 0.332. The Hall–Kier alpha value is -4.60. The molecule has 10 heteroatoms. The largest absolute Gasteiger partial charge is 0.355 e. The molecule has 1 heterocycles. The summed E-state index contributed by atoms with van der Waals surface area (Å²) in [7, 11) is 0. The number of hydrogen-bond donors (Lipinski definition) is 3. The molecule has 0 atom stereocenters. The number of non-ortho nitro benzene ring substituents is 1. The number of amides is 1. The Balaban J connectivity index is 1.57. The second kappa shape index (κ2) is 8.03. The molecule has 0 bridgehead atoms. The van der Waals surface area contributed by atoms with Crippen molar-refractivity contribution in [3.8, 4) is 0 Å². The van der Waals surface area contributed by atoms with Crippen molar-refractivity contribution in [3.63, 3.8) is 0 Å². The standard InChI is InChI=1S/C21H14FN5O4/c22-13-3-1-12(2-4-13)20(28)26-15-7-5-14(6-8-15)25-16-9-10-17(27(30)31)19-18(16)21(29)24-11-23-19/h1-11,25H,(H,26,28)(H,23,24,29). The first kappa shape index (κ1) is 19.7. The number of hydrogen-bond acceptors (Lipinski definition) is 6. The van der Waals surface area contributed by atoms with Crippen LogP contribution < -0.4 is 16.2 Å². The van der Waals surface area contributed by atoms with Gasteiger partial charge in [0.25, 0.3) is 17.2 Å². The van der Waals surface area contributed by atoms with E-state index in [1.807, 2.05) is 0 Å². The summed E-state index contributed by atoms with van der Waals surface area (Å²) in [4.78, 5) is 41.5. The molecule has 0 fully saturated rings. The predicted octanol–water partition coefficient (Wildman–Crippen LogP) is 3.97. The number of rotatable bonds is 5. The minimum Gasteiger partial charge on any atom is -0.355 e. The number of fused-ring (bicyclic) bond motifs is 1. The molecule has 1 aromatic heterocycles. The molecule has 0 radical (unpaired) electrons. The Morgan fingerprint density at radius 2 is 1.68 bits per heavy atom. The van der Waals surface area contributed by atoms with Crippen LogP contribution in [-0.4, -0.2) is 20.8 Å². The molecule has 0 aliphatic carbocycles. The van der Waals surface area contributed by atoms with Crippen molar-refractivity contribution < 1.29 is 14.1 Å². The van der Waals surface area contributed by atoms with E-state index < -0.39 is 16.3 Å². The Labute approximate surface area is 173 Å². The Morgan fingerprint density at radius 1 is 1.00 bits per heavy atom. The van der Waals surface area contributed by atoms with Crippen molar-refractivity contribution in [3.05, 3.63) is 98.8 Å². The maximum atomic E-state index is 13.0. The Kier molecular flexibility index (Phi) is 5.10. The number of anilines is 3. The Bertz CT molecular complexity index is 1350. The summed E-state index contributed by atoms with van der Waals surface area (Å²) in [6, 6.07) is 14.5. The van der Waals surface area contributed by atoms with Crippen LogP contribution in [0.1, 0.15) is 10.4 Å². The van der Waals surface area contributed by atoms with Crippen LogP contribution in [0.5, 0.6) is 0 Å². The molecule has 3 N–H and O–H groups in total. The van der Waals surface area contributed by atoms with E-state index in [4.69, 9.17) is 0 Å². The molecule has 9 nitrogen and oxygen atoms in total. The lowest BCUT2D eigenvalue weighted by Gasteiger charge is -2.10. The zero-order valence-electron chi connectivity index (χ0n) is 15.8. The molecule has 0 aliphatic heterocycles. The summed E-state index contributed by atoms with van der Waals surface area (Å²) < 4.78 is 13.0. The third-order valence-electron chi connectivity index (χ3n) is 4.50. The monoisotopic (exact) mass is 419 g/mol. The molecular formula is C21H14FN5O4. The van der Waals surface area contributed by atoms with Gasteiger partial charge in [0.05, 0.1) is 22.3 Å². The van der Waals surface area contributed by atoms with E-state index in [0.29, 0.717) is 22.6 Å². The highest BCUT2D eigenvalue weighted by molar-refractivity contribution is 6.04. The van der Waals surface area contributed by atoms with Gasteiger partial charge in [0.1, 0.15) is 5.82 Å². The van der Waals surface area contributed by atoms with Gasteiger partial charge in [-0.05, 0) is 54.6 Å². The third-order valence-corrected chi connectivity index (χ3v) is 4.50. The van der Waals surface area contributed by atoms with Gasteiger partial charge in [0, 0.05) is 23.0 Å². The maximum Gasteiger partial charge on any atom is 0.295 e. The average molecular weight is 419 g/mol.